The van der Waals surface area contributed by atoms with Gasteiger partial charge in [0.15, 0.2) is 0 Å². The molecule has 0 bridgehead atoms. The van der Waals surface area contributed by atoms with Gasteiger partial charge in [0, 0.05) is 17.6 Å². The van der Waals surface area contributed by atoms with Gasteiger partial charge in [-0.15, -0.1) is 0 Å². The van der Waals surface area contributed by atoms with Crippen molar-refractivity contribution in [3.63, 3.8) is 0 Å². The molecule has 1 aromatic rings. The van der Waals surface area contributed by atoms with E-state index in [9.17, 15) is 4.79 Å². The van der Waals surface area contributed by atoms with Gasteiger partial charge in [0.25, 0.3) is 0 Å². The minimum atomic E-state index is -0.336. The highest BCUT2D eigenvalue weighted by atomic mass is 35.5. The van der Waals surface area contributed by atoms with Crippen molar-refractivity contribution in [3.05, 3.63) is 34.9 Å². The third-order valence-corrected chi connectivity index (χ3v) is 4.24. The summed E-state index contributed by atoms with van der Waals surface area (Å²) in [5, 5.41) is 3.75. The summed E-state index contributed by atoms with van der Waals surface area (Å²) >= 11 is 6.01. The van der Waals surface area contributed by atoms with Crippen molar-refractivity contribution < 1.29 is 4.79 Å². The fourth-order valence-electron chi connectivity index (χ4n) is 2.15. The molecule has 1 aliphatic rings. The van der Waals surface area contributed by atoms with Gasteiger partial charge in [0.2, 0.25) is 5.91 Å². The molecule has 1 N–H and O–H groups in total. The molecule has 1 atom stereocenters. The van der Waals surface area contributed by atoms with Gasteiger partial charge in [-0.25, -0.2) is 0 Å². The third kappa shape index (κ3) is 3.10. The van der Waals surface area contributed by atoms with Crippen LogP contribution in [0.2, 0.25) is 5.02 Å². The van der Waals surface area contributed by atoms with E-state index in [4.69, 9.17) is 11.6 Å². The summed E-state index contributed by atoms with van der Waals surface area (Å²) < 4.78 is 0. The highest BCUT2D eigenvalue weighted by molar-refractivity contribution is 6.30. The van der Waals surface area contributed by atoms with Crippen LogP contribution < -0.4 is 5.32 Å². The van der Waals surface area contributed by atoms with Crippen molar-refractivity contribution >= 4 is 17.5 Å². The number of halogens is 1. The highest BCUT2D eigenvalue weighted by Crippen LogP contribution is 2.48. The molecule has 0 aliphatic heterocycles. The molecule has 1 saturated carbocycles. The Morgan fingerprint density at radius 3 is 2.68 bits per heavy atom. The minimum absolute atomic E-state index is 0.128. The van der Waals surface area contributed by atoms with E-state index in [2.05, 4.69) is 17.1 Å². The first-order valence-corrected chi connectivity index (χ1v) is 7.04. The van der Waals surface area contributed by atoms with E-state index in [1.165, 1.54) is 0 Å². The Kier molecular flexibility index (Phi) is 4.16. The van der Waals surface area contributed by atoms with Gasteiger partial charge in [0.05, 0.1) is 5.41 Å². The summed E-state index contributed by atoms with van der Waals surface area (Å²) in [6, 6.07) is 7.98. The number of hydrogen-bond acceptors (Lipinski definition) is 2. The zero-order chi connectivity index (χ0) is 14.0. The maximum atomic E-state index is 12.4. The second kappa shape index (κ2) is 5.51. The second-order valence-electron chi connectivity index (χ2n) is 5.62. The van der Waals surface area contributed by atoms with Gasteiger partial charge in [0.1, 0.15) is 0 Å². The van der Waals surface area contributed by atoms with Crippen molar-refractivity contribution in [2.45, 2.75) is 31.2 Å². The van der Waals surface area contributed by atoms with Crippen LogP contribution in [0.25, 0.3) is 0 Å². The van der Waals surface area contributed by atoms with Crippen molar-refractivity contribution in [2.24, 2.45) is 0 Å². The van der Waals surface area contributed by atoms with Crippen LogP contribution in [-0.4, -0.2) is 37.5 Å². The molecule has 1 aromatic carbocycles. The summed E-state index contributed by atoms with van der Waals surface area (Å²) in [6.45, 7) is 2.77. The molecule has 1 fully saturated rings. The Labute approximate surface area is 119 Å². The molecular formula is C15H21ClN2O. The summed E-state index contributed by atoms with van der Waals surface area (Å²) in [7, 11) is 4.03. The first-order valence-electron chi connectivity index (χ1n) is 6.66. The first-order chi connectivity index (χ1) is 8.95. The monoisotopic (exact) mass is 280 g/mol. The Morgan fingerprint density at radius 1 is 1.47 bits per heavy atom. The summed E-state index contributed by atoms with van der Waals surface area (Å²) in [5.74, 6) is 0.128. The molecule has 0 radical (unpaired) electrons. The Morgan fingerprint density at radius 2 is 2.16 bits per heavy atom. The zero-order valence-electron chi connectivity index (χ0n) is 11.7. The fraction of sp³-hybridized carbons (Fsp3) is 0.533. The number of rotatable bonds is 5. The summed E-state index contributed by atoms with van der Waals surface area (Å²) in [5.41, 5.74) is 0.701. The van der Waals surface area contributed by atoms with E-state index in [0.29, 0.717) is 17.6 Å². The van der Waals surface area contributed by atoms with Crippen LogP contribution in [0.5, 0.6) is 0 Å². The molecular weight excluding hydrogens is 260 g/mol. The number of carbonyl (C=O) groups excluding carboxylic acids is 1. The molecule has 4 heteroatoms. The predicted octanol–water partition coefficient (Wildman–Crippen LogP) is 2.44. The van der Waals surface area contributed by atoms with E-state index in [-0.39, 0.29) is 11.3 Å². The van der Waals surface area contributed by atoms with Crippen molar-refractivity contribution in [1.29, 1.82) is 0 Å². The number of nitrogens with zero attached hydrogens (tertiary/aromatic N) is 1. The fourth-order valence-corrected chi connectivity index (χ4v) is 2.34. The van der Waals surface area contributed by atoms with Crippen molar-refractivity contribution in [3.8, 4) is 0 Å². The number of hydrogen-bond donors (Lipinski definition) is 1. The lowest BCUT2D eigenvalue weighted by molar-refractivity contribution is -0.123. The lowest BCUT2D eigenvalue weighted by atomic mass is 9.95. The Hall–Kier alpha value is -1.06. The molecule has 2 rings (SSSR count). The maximum Gasteiger partial charge on any atom is 0.230 e. The van der Waals surface area contributed by atoms with E-state index >= 15 is 0 Å². The molecule has 3 nitrogen and oxygen atoms in total. The van der Waals surface area contributed by atoms with Crippen LogP contribution in [0.3, 0.4) is 0 Å². The molecule has 19 heavy (non-hydrogen) atoms. The van der Waals surface area contributed by atoms with Gasteiger partial charge in [-0.05, 0) is 51.6 Å². The smallest absolute Gasteiger partial charge is 0.230 e. The highest BCUT2D eigenvalue weighted by Gasteiger charge is 2.51. The lowest BCUT2D eigenvalue weighted by Crippen LogP contribution is -2.42. The van der Waals surface area contributed by atoms with Gasteiger partial charge >= 0.3 is 0 Å². The van der Waals surface area contributed by atoms with Crippen LogP contribution in [0.15, 0.2) is 24.3 Å². The molecule has 1 aliphatic carbocycles. The number of nitrogens with one attached hydrogen (secondary N) is 1. The van der Waals surface area contributed by atoms with E-state index < -0.39 is 0 Å². The van der Waals surface area contributed by atoms with Gasteiger partial charge in [-0.2, -0.15) is 0 Å². The molecule has 104 valence electrons. The predicted molar refractivity (Wildman–Crippen MR) is 78.5 cm³/mol. The number of carbonyl (C=O) groups is 1. The molecule has 0 spiro atoms. The van der Waals surface area contributed by atoms with Crippen molar-refractivity contribution in [2.75, 3.05) is 20.6 Å². The first kappa shape index (κ1) is 14.4. The number of amides is 1. The Bertz CT molecular complexity index is 469. The topological polar surface area (TPSA) is 32.3 Å². The molecule has 0 unspecified atom stereocenters. The SMILES string of the molecule is C[C@@H](CNC(=O)C1(c2cccc(Cl)c2)CC1)N(C)C. The molecule has 0 aromatic heterocycles. The van der Waals surface area contributed by atoms with Gasteiger partial charge in [-0.3, -0.25) is 4.79 Å². The van der Waals surface area contributed by atoms with Crippen LogP contribution in [0.1, 0.15) is 25.3 Å². The molecule has 1 amide bonds. The van der Waals surface area contributed by atoms with Crippen molar-refractivity contribution in [1.82, 2.24) is 10.2 Å². The molecule has 0 saturated heterocycles. The van der Waals surface area contributed by atoms with Crippen LogP contribution >= 0.6 is 11.6 Å². The quantitative estimate of drug-likeness (QED) is 0.898. The van der Waals surface area contributed by atoms with Crippen LogP contribution in [0.4, 0.5) is 0 Å². The van der Waals surface area contributed by atoms with Crippen LogP contribution in [-0.2, 0) is 10.2 Å². The standard InChI is InChI=1S/C15H21ClN2O/c1-11(18(2)3)10-17-14(19)15(7-8-15)12-5-4-6-13(16)9-12/h4-6,9,11H,7-8,10H2,1-3H3,(H,17,19)/t11-/m0/s1. The Balaban J connectivity index is 2.03. The minimum Gasteiger partial charge on any atom is -0.354 e. The van der Waals surface area contributed by atoms with E-state index in [1.54, 1.807) is 0 Å². The third-order valence-electron chi connectivity index (χ3n) is 4.00. The summed E-state index contributed by atoms with van der Waals surface area (Å²) in [4.78, 5) is 14.5. The second-order valence-corrected chi connectivity index (χ2v) is 6.05. The average Bonchev–Trinajstić information content (AvgIpc) is 3.16. The van der Waals surface area contributed by atoms with E-state index in [1.807, 2.05) is 38.4 Å². The maximum absolute atomic E-state index is 12.4. The van der Waals surface area contributed by atoms with Gasteiger partial charge < -0.3 is 10.2 Å². The zero-order valence-corrected chi connectivity index (χ0v) is 12.5. The summed E-state index contributed by atoms with van der Waals surface area (Å²) in [6.07, 6.45) is 1.82. The average molecular weight is 281 g/mol. The molecule has 0 heterocycles. The van der Waals surface area contributed by atoms with Gasteiger partial charge in [-0.1, -0.05) is 23.7 Å². The normalized spacial score (nSPS) is 18.2. The number of benzene rings is 1. The number of likely N-dealkylation sites (N-methyl/N-ethyl adjacent to an activating group) is 1. The largest absolute Gasteiger partial charge is 0.354 e. The van der Waals surface area contributed by atoms with E-state index in [0.717, 1.165) is 18.4 Å². The lowest BCUT2D eigenvalue weighted by Gasteiger charge is -2.22. The van der Waals surface area contributed by atoms with Crippen LogP contribution in [0, 0.1) is 0 Å².